The molecule has 2 aliphatic rings. The van der Waals surface area contributed by atoms with Crippen LogP contribution < -0.4 is 11.1 Å². The first-order valence-corrected chi connectivity index (χ1v) is 9.93. The van der Waals surface area contributed by atoms with Gasteiger partial charge in [0, 0.05) is 31.4 Å². The van der Waals surface area contributed by atoms with Crippen LogP contribution in [0.25, 0.3) is 11.3 Å². The van der Waals surface area contributed by atoms with E-state index in [0.717, 1.165) is 50.5 Å². The molecule has 0 atom stereocenters. The Balaban J connectivity index is 1.37. The number of nitrogens with zero attached hydrogens (tertiary/aromatic N) is 5. The molecule has 0 radical (unpaired) electrons. The number of anilines is 1. The van der Waals surface area contributed by atoms with Crippen LogP contribution in [0.1, 0.15) is 42.2 Å². The van der Waals surface area contributed by atoms with Gasteiger partial charge in [-0.1, -0.05) is 0 Å². The Kier molecular flexibility index (Phi) is 5.54. The van der Waals surface area contributed by atoms with Gasteiger partial charge in [-0.15, -0.1) is 0 Å². The molecule has 2 aromatic heterocycles. The fourth-order valence-electron chi connectivity index (χ4n) is 4.16. The van der Waals surface area contributed by atoms with E-state index >= 15 is 0 Å². The highest BCUT2D eigenvalue weighted by molar-refractivity contribution is 5.90. The smallest absolute Gasteiger partial charge is 0.358 e. The predicted molar refractivity (Wildman–Crippen MR) is 105 cm³/mol. The number of rotatable bonds is 5. The van der Waals surface area contributed by atoms with Crippen molar-refractivity contribution in [2.75, 3.05) is 38.5 Å². The van der Waals surface area contributed by atoms with Crippen molar-refractivity contribution < 1.29 is 9.90 Å². The fraction of sp³-hybridized carbons (Fsp3) is 0.579. The van der Waals surface area contributed by atoms with E-state index < -0.39 is 5.97 Å². The monoisotopic (exact) mass is 385 g/mol. The van der Waals surface area contributed by atoms with Gasteiger partial charge in [-0.25, -0.2) is 14.8 Å². The van der Waals surface area contributed by atoms with Crippen LogP contribution in [0, 0.1) is 5.92 Å². The summed E-state index contributed by atoms with van der Waals surface area (Å²) in [6, 6.07) is 0.360. The molecular weight excluding hydrogens is 358 g/mol. The Morgan fingerprint density at radius 1 is 1.21 bits per heavy atom. The van der Waals surface area contributed by atoms with Gasteiger partial charge in [-0.05, 0) is 44.7 Å². The van der Waals surface area contributed by atoms with Gasteiger partial charge in [0.1, 0.15) is 0 Å². The van der Waals surface area contributed by atoms with E-state index in [-0.39, 0.29) is 11.5 Å². The fourth-order valence-corrected chi connectivity index (χ4v) is 4.16. The van der Waals surface area contributed by atoms with E-state index in [2.05, 4.69) is 25.3 Å². The molecular formula is C19H27N7O2. The van der Waals surface area contributed by atoms with Crippen molar-refractivity contribution in [3.05, 3.63) is 24.3 Å². The number of likely N-dealkylation sites (tertiary alicyclic amines) is 1. The molecule has 0 spiro atoms. The number of carboxylic acid groups (broad SMARTS) is 1. The molecule has 0 amide bonds. The third-order valence-electron chi connectivity index (χ3n) is 5.81. The Morgan fingerprint density at radius 3 is 2.68 bits per heavy atom. The molecule has 2 fully saturated rings. The van der Waals surface area contributed by atoms with Crippen LogP contribution >= 0.6 is 0 Å². The summed E-state index contributed by atoms with van der Waals surface area (Å²) >= 11 is 0. The highest BCUT2D eigenvalue weighted by Gasteiger charge is 2.24. The molecule has 0 unspecified atom stereocenters. The van der Waals surface area contributed by atoms with Crippen LogP contribution in [0.3, 0.4) is 0 Å². The average Bonchev–Trinajstić information content (AvgIpc) is 3.20. The second-order valence-electron chi connectivity index (χ2n) is 7.73. The van der Waals surface area contributed by atoms with Crippen molar-refractivity contribution in [3.63, 3.8) is 0 Å². The third kappa shape index (κ3) is 4.15. The van der Waals surface area contributed by atoms with Crippen molar-refractivity contribution in [2.45, 2.75) is 31.7 Å². The highest BCUT2D eigenvalue weighted by atomic mass is 16.4. The standard InChI is InChI=1S/C19H27N7O2/c20-18-17(19(27)28)24-16(10-22-18)14-9-23-26(12-14)15-3-7-25(8-4-15)11-13-1-5-21-6-2-13/h9-10,12-13,15,21H,1-8,11H2,(H2,20,22)(H,27,28). The first kappa shape index (κ1) is 18.8. The number of aromatic carboxylic acids is 1. The van der Waals surface area contributed by atoms with Gasteiger partial charge in [0.05, 0.1) is 24.1 Å². The molecule has 2 aromatic rings. The van der Waals surface area contributed by atoms with Crippen molar-refractivity contribution >= 4 is 11.8 Å². The maximum Gasteiger partial charge on any atom is 0.358 e. The maximum absolute atomic E-state index is 11.2. The minimum atomic E-state index is -1.18. The van der Waals surface area contributed by atoms with E-state index in [1.54, 1.807) is 6.20 Å². The largest absolute Gasteiger partial charge is 0.476 e. The second-order valence-corrected chi connectivity index (χ2v) is 7.73. The lowest BCUT2D eigenvalue weighted by Gasteiger charge is -2.35. The lowest BCUT2D eigenvalue weighted by Crippen LogP contribution is -2.40. The minimum absolute atomic E-state index is 0.0789. The molecule has 0 aromatic carbocycles. The van der Waals surface area contributed by atoms with Crippen LogP contribution in [0.4, 0.5) is 5.82 Å². The summed E-state index contributed by atoms with van der Waals surface area (Å²) in [6.45, 7) is 5.69. The Bertz CT molecular complexity index is 823. The van der Waals surface area contributed by atoms with Crippen LogP contribution in [0.5, 0.6) is 0 Å². The third-order valence-corrected chi connectivity index (χ3v) is 5.81. The molecule has 150 valence electrons. The normalized spacial score (nSPS) is 19.7. The number of carbonyl (C=O) groups is 1. The summed E-state index contributed by atoms with van der Waals surface area (Å²) in [5.74, 6) is -0.438. The van der Waals surface area contributed by atoms with Crippen LogP contribution in [-0.2, 0) is 0 Å². The highest BCUT2D eigenvalue weighted by Crippen LogP contribution is 2.26. The topological polar surface area (TPSA) is 122 Å². The molecule has 2 aliphatic heterocycles. The number of piperidine rings is 2. The summed E-state index contributed by atoms with van der Waals surface area (Å²) in [7, 11) is 0. The van der Waals surface area contributed by atoms with E-state index in [9.17, 15) is 9.90 Å². The first-order valence-electron chi connectivity index (χ1n) is 9.93. The lowest BCUT2D eigenvalue weighted by molar-refractivity contribution is 0.0691. The van der Waals surface area contributed by atoms with Gasteiger partial charge >= 0.3 is 5.97 Å². The summed E-state index contributed by atoms with van der Waals surface area (Å²) in [5, 5.41) is 17.1. The van der Waals surface area contributed by atoms with Crippen molar-refractivity contribution in [3.8, 4) is 11.3 Å². The van der Waals surface area contributed by atoms with E-state index in [0.29, 0.717) is 11.7 Å². The molecule has 28 heavy (non-hydrogen) atoms. The molecule has 9 heteroatoms. The van der Waals surface area contributed by atoms with Crippen LogP contribution in [0.15, 0.2) is 18.6 Å². The number of nitrogens with one attached hydrogen (secondary N) is 1. The average molecular weight is 385 g/mol. The van der Waals surface area contributed by atoms with E-state index in [1.165, 1.54) is 25.6 Å². The molecule has 2 saturated heterocycles. The number of hydrogen-bond acceptors (Lipinski definition) is 7. The summed E-state index contributed by atoms with van der Waals surface area (Å²) in [4.78, 5) is 21.9. The zero-order valence-corrected chi connectivity index (χ0v) is 15.9. The SMILES string of the molecule is Nc1ncc(-c2cnn(C3CCN(CC4CCNCC4)CC3)c2)nc1C(=O)O. The quantitative estimate of drug-likeness (QED) is 0.703. The second kappa shape index (κ2) is 8.24. The Hall–Kier alpha value is -2.52. The van der Waals surface area contributed by atoms with Crippen LogP contribution in [-0.4, -0.2) is 68.4 Å². The Morgan fingerprint density at radius 2 is 1.96 bits per heavy atom. The van der Waals surface area contributed by atoms with Gasteiger partial charge in [-0.2, -0.15) is 5.10 Å². The molecule has 9 nitrogen and oxygen atoms in total. The van der Waals surface area contributed by atoms with Gasteiger partial charge in [0.15, 0.2) is 11.5 Å². The predicted octanol–water partition coefficient (Wildman–Crippen LogP) is 1.26. The van der Waals surface area contributed by atoms with Crippen molar-refractivity contribution in [1.82, 2.24) is 30.0 Å². The molecule has 0 bridgehead atoms. The maximum atomic E-state index is 11.2. The number of carboxylic acids is 1. The summed E-state index contributed by atoms with van der Waals surface area (Å²) in [5.41, 5.74) is 6.59. The van der Waals surface area contributed by atoms with E-state index in [4.69, 9.17) is 5.73 Å². The van der Waals surface area contributed by atoms with Gasteiger partial charge in [0.2, 0.25) is 0 Å². The van der Waals surface area contributed by atoms with Crippen molar-refractivity contribution in [2.24, 2.45) is 5.92 Å². The molecule has 4 N–H and O–H groups in total. The number of nitrogen functional groups attached to an aromatic ring is 1. The zero-order chi connectivity index (χ0) is 19.5. The van der Waals surface area contributed by atoms with Crippen LogP contribution in [0.2, 0.25) is 0 Å². The zero-order valence-electron chi connectivity index (χ0n) is 15.9. The first-order chi connectivity index (χ1) is 13.6. The molecule has 0 aliphatic carbocycles. The van der Waals surface area contributed by atoms with Gasteiger partial charge in [0.25, 0.3) is 0 Å². The lowest BCUT2D eigenvalue weighted by atomic mass is 9.96. The summed E-state index contributed by atoms with van der Waals surface area (Å²) < 4.78 is 1.98. The number of aromatic nitrogens is 4. The molecule has 0 saturated carbocycles. The minimum Gasteiger partial charge on any atom is -0.476 e. The van der Waals surface area contributed by atoms with E-state index in [1.807, 2.05) is 10.9 Å². The molecule has 4 rings (SSSR count). The summed E-state index contributed by atoms with van der Waals surface area (Å²) in [6.07, 6.45) is 9.84. The van der Waals surface area contributed by atoms with Crippen molar-refractivity contribution in [1.29, 1.82) is 0 Å². The van der Waals surface area contributed by atoms with Gasteiger partial charge in [-0.3, -0.25) is 4.68 Å². The number of hydrogen-bond donors (Lipinski definition) is 3. The Labute approximate surface area is 164 Å². The van der Waals surface area contributed by atoms with Gasteiger partial charge < -0.3 is 21.1 Å². The number of nitrogens with two attached hydrogens (primary N) is 1. The molecule has 4 heterocycles.